The number of nitrogens with zero attached hydrogens (tertiary/aromatic N) is 3. The molecule has 0 aromatic heterocycles. The fourth-order valence-corrected chi connectivity index (χ4v) is 6.81. The second-order valence-electron chi connectivity index (χ2n) is 11.0. The van der Waals surface area contributed by atoms with E-state index in [2.05, 4.69) is 15.8 Å². The molecule has 0 aromatic carbocycles. The Bertz CT molecular complexity index is 770. The van der Waals surface area contributed by atoms with Crippen LogP contribution in [0.4, 0.5) is 9.18 Å². The van der Waals surface area contributed by atoms with E-state index in [1.807, 2.05) is 16.7 Å². The molecule has 3 saturated heterocycles. The number of fused-ring (bicyclic) bond motifs is 1. The number of hydrogen-bond donors (Lipinski definition) is 2. The van der Waals surface area contributed by atoms with Crippen molar-refractivity contribution in [2.24, 2.45) is 11.8 Å². The third-order valence-electron chi connectivity index (χ3n) is 8.63. The maximum absolute atomic E-state index is 14.0. The number of rotatable bonds is 4. The summed E-state index contributed by atoms with van der Waals surface area (Å²) in [6.07, 6.45) is 2.81. The van der Waals surface area contributed by atoms with Crippen LogP contribution in [-0.2, 0) is 14.3 Å². The molecule has 5 aliphatic rings. The number of amides is 2. The van der Waals surface area contributed by atoms with E-state index < -0.39 is 24.6 Å². The van der Waals surface area contributed by atoms with Gasteiger partial charge >= 0.3 is 6.09 Å². The van der Waals surface area contributed by atoms with E-state index in [0.29, 0.717) is 24.4 Å². The van der Waals surface area contributed by atoms with Crippen molar-refractivity contribution in [3.63, 3.8) is 0 Å². The molecule has 9 nitrogen and oxygen atoms in total. The van der Waals surface area contributed by atoms with Gasteiger partial charge in [-0.05, 0) is 50.9 Å². The minimum Gasteiger partial charge on any atom is -0.442 e. The standard InChI is InChI=1S/C24H40FN5O4/c1-14-12-28(24(32)34-22-9-18(25)11-26-23(22)33-3)21-8-16(4-7-20(21)30(14)15(2)31)17-10-27-29(13-17)19-5-6-19/h14,16-23,26-27H,4-13H2,1-3H3/t14-,16?,17?,18?,20?,21?,22?,23?/m0/s1. The number of hydrogen-bond acceptors (Lipinski definition) is 7. The minimum atomic E-state index is -1.08. The lowest BCUT2D eigenvalue weighted by molar-refractivity contribution is -0.143. The van der Waals surface area contributed by atoms with Crippen LogP contribution in [0.1, 0.15) is 52.4 Å². The highest BCUT2D eigenvalue weighted by Gasteiger charge is 2.49. The number of carbonyl (C=O) groups excluding carboxylic acids is 2. The number of methoxy groups -OCH3 is 1. The summed E-state index contributed by atoms with van der Waals surface area (Å²) in [5.74, 6) is 1.11. The van der Waals surface area contributed by atoms with E-state index in [1.54, 1.807) is 6.92 Å². The van der Waals surface area contributed by atoms with Crippen LogP contribution in [0.15, 0.2) is 0 Å². The Morgan fingerprint density at radius 2 is 1.79 bits per heavy atom. The number of piperidine rings is 1. The van der Waals surface area contributed by atoms with Gasteiger partial charge in [-0.2, -0.15) is 0 Å². The number of alkyl halides is 1. The summed E-state index contributed by atoms with van der Waals surface area (Å²) in [6, 6.07) is 0.516. The second-order valence-corrected chi connectivity index (χ2v) is 11.0. The van der Waals surface area contributed by atoms with Crippen molar-refractivity contribution >= 4 is 12.0 Å². The Morgan fingerprint density at radius 3 is 2.50 bits per heavy atom. The molecule has 3 heterocycles. The van der Waals surface area contributed by atoms with Crippen LogP contribution in [0.2, 0.25) is 0 Å². The molecule has 5 fully saturated rings. The molecule has 0 spiro atoms. The van der Waals surface area contributed by atoms with Gasteiger partial charge in [0, 0.05) is 58.7 Å². The van der Waals surface area contributed by atoms with Gasteiger partial charge in [0.25, 0.3) is 0 Å². The van der Waals surface area contributed by atoms with Crippen LogP contribution >= 0.6 is 0 Å². The van der Waals surface area contributed by atoms with Crippen molar-refractivity contribution in [3.05, 3.63) is 0 Å². The zero-order valence-corrected chi connectivity index (χ0v) is 20.6. The summed E-state index contributed by atoms with van der Waals surface area (Å²) in [5, 5.41) is 5.37. The lowest BCUT2D eigenvalue weighted by Gasteiger charge is -2.54. The molecule has 192 valence electrons. The number of hydrazine groups is 1. The Kier molecular flexibility index (Phi) is 7.03. The lowest BCUT2D eigenvalue weighted by Crippen LogP contribution is -2.67. The molecule has 2 aliphatic carbocycles. The van der Waals surface area contributed by atoms with Crippen LogP contribution in [0.3, 0.4) is 0 Å². The average Bonchev–Trinajstić information content (AvgIpc) is 3.54. The van der Waals surface area contributed by atoms with Gasteiger partial charge in [0.1, 0.15) is 18.5 Å². The Balaban J connectivity index is 1.31. The molecule has 2 amide bonds. The van der Waals surface area contributed by atoms with Gasteiger partial charge in [-0.15, -0.1) is 0 Å². The summed E-state index contributed by atoms with van der Waals surface area (Å²) >= 11 is 0. The first-order valence-corrected chi connectivity index (χ1v) is 13.0. The normalized spacial score (nSPS) is 41.3. The van der Waals surface area contributed by atoms with Crippen LogP contribution in [0.5, 0.6) is 0 Å². The van der Waals surface area contributed by atoms with Gasteiger partial charge in [-0.3, -0.25) is 15.5 Å². The first kappa shape index (κ1) is 24.2. The van der Waals surface area contributed by atoms with E-state index >= 15 is 0 Å². The van der Waals surface area contributed by atoms with Crippen molar-refractivity contribution in [1.29, 1.82) is 0 Å². The smallest absolute Gasteiger partial charge is 0.410 e. The van der Waals surface area contributed by atoms with Crippen LogP contribution in [0, 0.1) is 11.8 Å². The molecule has 7 unspecified atom stereocenters. The van der Waals surface area contributed by atoms with Crippen LogP contribution < -0.4 is 10.7 Å². The number of halogens is 1. The highest BCUT2D eigenvalue weighted by atomic mass is 19.1. The monoisotopic (exact) mass is 481 g/mol. The molecule has 5 rings (SSSR count). The highest BCUT2D eigenvalue weighted by Crippen LogP contribution is 2.41. The zero-order chi connectivity index (χ0) is 24.0. The van der Waals surface area contributed by atoms with Gasteiger partial charge in [-0.1, -0.05) is 0 Å². The third kappa shape index (κ3) is 4.79. The van der Waals surface area contributed by atoms with E-state index in [4.69, 9.17) is 9.47 Å². The number of piperazine rings is 1. The van der Waals surface area contributed by atoms with E-state index in [1.165, 1.54) is 20.0 Å². The first-order valence-electron chi connectivity index (χ1n) is 13.0. The fourth-order valence-electron chi connectivity index (χ4n) is 6.81. The molecule has 2 saturated carbocycles. The summed E-state index contributed by atoms with van der Waals surface area (Å²) in [4.78, 5) is 29.8. The molecule has 0 bridgehead atoms. The van der Waals surface area contributed by atoms with Crippen molar-refractivity contribution in [2.75, 3.05) is 33.3 Å². The first-order chi connectivity index (χ1) is 16.4. The topological polar surface area (TPSA) is 86.4 Å². The van der Waals surface area contributed by atoms with Crippen molar-refractivity contribution in [1.82, 2.24) is 25.6 Å². The maximum Gasteiger partial charge on any atom is 0.410 e. The highest BCUT2D eigenvalue weighted by molar-refractivity contribution is 5.75. The molecule has 8 atom stereocenters. The molecule has 34 heavy (non-hydrogen) atoms. The molecule has 2 N–H and O–H groups in total. The Morgan fingerprint density at radius 1 is 1.00 bits per heavy atom. The third-order valence-corrected chi connectivity index (χ3v) is 8.63. The summed E-state index contributed by atoms with van der Waals surface area (Å²) in [7, 11) is 1.53. The maximum atomic E-state index is 14.0. The van der Waals surface area contributed by atoms with Gasteiger partial charge < -0.3 is 19.3 Å². The van der Waals surface area contributed by atoms with Crippen molar-refractivity contribution < 1.29 is 23.5 Å². The molecule has 0 aromatic rings. The summed E-state index contributed by atoms with van der Waals surface area (Å²) < 4.78 is 25.3. The minimum absolute atomic E-state index is 0.00410. The number of carbonyl (C=O) groups is 2. The fraction of sp³-hybridized carbons (Fsp3) is 0.917. The van der Waals surface area contributed by atoms with E-state index in [9.17, 15) is 14.0 Å². The average molecular weight is 482 g/mol. The van der Waals surface area contributed by atoms with E-state index in [-0.39, 0.29) is 37.0 Å². The molecule has 3 aliphatic heterocycles. The van der Waals surface area contributed by atoms with Crippen LogP contribution in [-0.4, -0.2) is 103 Å². The summed E-state index contributed by atoms with van der Waals surface area (Å²) in [5.41, 5.74) is 3.58. The van der Waals surface area contributed by atoms with Crippen LogP contribution in [0.25, 0.3) is 0 Å². The largest absolute Gasteiger partial charge is 0.442 e. The quantitative estimate of drug-likeness (QED) is 0.629. The molecular formula is C24H40FN5O4. The number of nitrogens with one attached hydrogen (secondary N) is 2. The Hall–Kier alpha value is -1.49. The Labute approximate surface area is 201 Å². The SMILES string of the molecule is COC1NCC(F)CC1OC(=O)N1C[C@H](C)N(C(C)=O)C2CCC(C3CNN(C4CC4)C3)CC21. The van der Waals surface area contributed by atoms with E-state index in [0.717, 1.165) is 32.4 Å². The second kappa shape index (κ2) is 9.87. The number of ether oxygens (including phenoxy) is 2. The van der Waals surface area contributed by atoms with Gasteiger partial charge in [-0.25, -0.2) is 14.2 Å². The summed E-state index contributed by atoms with van der Waals surface area (Å²) in [6.45, 7) is 6.29. The molecule has 0 radical (unpaired) electrons. The van der Waals surface area contributed by atoms with Gasteiger partial charge in [0.05, 0.1) is 12.1 Å². The molecule has 10 heteroatoms. The predicted octanol–water partition coefficient (Wildman–Crippen LogP) is 1.48. The van der Waals surface area contributed by atoms with Gasteiger partial charge in [0.15, 0.2) is 0 Å². The van der Waals surface area contributed by atoms with Gasteiger partial charge in [0.2, 0.25) is 5.91 Å². The van der Waals surface area contributed by atoms with Crippen molar-refractivity contribution in [2.45, 2.75) is 95.0 Å². The lowest BCUT2D eigenvalue weighted by atomic mass is 9.73. The molecular weight excluding hydrogens is 441 g/mol. The van der Waals surface area contributed by atoms with Crippen molar-refractivity contribution in [3.8, 4) is 0 Å². The predicted molar refractivity (Wildman–Crippen MR) is 123 cm³/mol. The zero-order valence-electron chi connectivity index (χ0n) is 20.6.